The number of piperidine rings is 2. The number of oxazole rings is 1. The monoisotopic (exact) mass is 449 g/mol. The van der Waals surface area contributed by atoms with Gasteiger partial charge in [-0.05, 0) is 55.5 Å². The first-order valence-corrected chi connectivity index (χ1v) is 11.7. The zero-order valence-electron chi connectivity index (χ0n) is 18.6. The molecule has 3 heterocycles. The van der Waals surface area contributed by atoms with Gasteiger partial charge in [0.15, 0.2) is 11.5 Å². The second-order valence-corrected chi connectivity index (χ2v) is 9.10. The van der Waals surface area contributed by atoms with E-state index in [0.29, 0.717) is 26.2 Å². The summed E-state index contributed by atoms with van der Waals surface area (Å²) >= 11 is 0. The van der Waals surface area contributed by atoms with E-state index in [-0.39, 0.29) is 35.9 Å². The van der Waals surface area contributed by atoms with Crippen LogP contribution in [0, 0.1) is 11.7 Å². The minimum Gasteiger partial charge on any atom is -0.440 e. The Kier molecular flexibility index (Phi) is 6.11. The molecule has 0 saturated carbocycles. The predicted octanol–water partition coefficient (Wildman–Crippen LogP) is 4.15. The van der Waals surface area contributed by atoms with Crippen molar-refractivity contribution in [3.05, 3.63) is 65.8 Å². The van der Waals surface area contributed by atoms with Crippen molar-refractivity contribution in [1.82, 2.24) is 14.8 Å². The summed E-state index contributed by atoms with van der Waals surface area (Å²) in [4.78, 5) is 34.3. The summed E-state index contributed by atoms with van der Waals surface area (Å²) in [7, 11) is 0. The van der Waals surface area contributed by atoms with Gasteiger partial charge in [-0.15, -0.1) is 0 Å². The number of fused-ring (bicyclic) bond motifs is 1. The maximum absolute atomic E-state index is 13.2. The fourth-order valence-electron chi connectivity index (χ4n) is 4.96. The van der Waals surface area contributed by atoms with Gasteiger partial charge in [0.25, 0.3) is 0 Å². The summed E-state index contributed by atoms with van der Waals surface area (Å²) in [6, 6.07) is 13.8. The molecule has 33 heavy (non-hydrogen) atoms. The van der Waals surface area contributed by atoms with Crippen LogP contribution in [0.4, 0.5) is 4.39 Å². The molecule has 172 valence electrons. The Balaban J connectivity index is 1.16. The first kappa shape index (κ1) is 21.6. The fourth-order valence-corrected chi connectivity index (χ4v) is 4.96. The van der Waals surface area contributed by atoms with Gasteiger partial charge in [0, 0.05) is 32.1 Å². The average molecular weight is 450 g/mol. The van der Waals surface area contributed by atoms with E-state index in [2.05, 4.69) is 4.98 Å². The molecule has 5 rings (SSSR count). The largest absolute Gasteiger partial charge is 0.440 e. The maximum atomic E-state index is 13.2. The van der Waals surface area contributed by atoms with E-state index in [1.54, 1.807) is 17.0 Å². The van der Waals surface area contributed by atoms with Gasteiger partial charge in [0.05, 0.1) is 12.3 Å². The number of halogens is 1. The molecule has 0 radical (unpaired) electrons. The van der Waals surface area contributed by atoms with Crippen molar-refractivity contribution in [2.24, 2.45) is 5.92 Å². The molecule has 2 aliphatic rings. The summed E-state index contributed by atoms with van der Waals surface area (Å²) in [5.41, 5.74) is 2.47. The molecule has 0 aliphatic carbocycles. The quantitative estimate of drug-likeness (QED) is 0.600. The Morgan fingerprint density at radius 1 is 0.970 bits per heavy atom. The number of benzene rings is 2. The zero-order chi connectivity index (χ0) is 22.8. The fraction of sp³-hybridized carbons (Fsp3) is 0.423. The lowest BCUT2D eigenvalue weighted by Crippen LogP contribution is -2.48. The van der Waals surface area contributed by atoms with Gasteiger partial charge < -0.3 is 14.2 Å². The summed E-state index contributed by atoms with van der Waals surface area (Å²) in [5.74, 6) is 0.658. The molecule has 3 aromatic rings. The van der Waals surface area contributed by atoms with Gasteiger partial charge in [0.2, 0.25) is 11.8 Å². The number of rotatable bonds is 4. The molecule has 2 aromatic carbocycles. The van der Waals surface area contributed by atoms with Gasteiger partial charge in [-0.1, -0.05) is 24.3 Å². The molecule has 2 aliphatic heterocycles. The molecular weight excluding hydrogens is 421 g/mol. The minimum absolute atomic E-state index is 0.00576. The van der Waals surface area contributed by atoms with E-state index in [0.717, 1.165) is 48.2 Å². The van der Waals surface area contributed by atoms with Crippen molar-refractivity contribution < 1.29 is 18.4 Å². The van der Waals surface area contributed by atoms with Gasteiger partial charge in [-0.2, -0.15) is 0 Å². The van der Waals surface area contributed by atoms with Crippen LogP contribution in [0.15, 0.2) is 52.9 Å². The van der Waals surface area contributed by atoms with Crippen molar-refractivity contribution in [2.45, 2.75) is 38.0 Å². The van der Waals surface area contributed by atoms with E-state index in [9.17, 15) is 14.0 Å². The van der Waals surface area contributed by atoms with Crippen molar-refractivity contribution in [2.75, 3.05) is 26.2 Å². The summed E-state index contributed by atoms with van der Waals surface area (Å²) in [6.07, 6.45) is 3.53. The number of amides is 2. The van der Waals surface area contributed by atoms with Crippen LogP contribution in [0.1, 0.15) is 43.1 Å². The molecule has 6 nitrogen and oxygen atoms in total. The van der Waals surface area contributed by atoms with Crippen LogP contribution in [0.5, 0.6) is 0 Å². The molecular formula is C26H28FN3O3. The number of hydrogen-bond acceptors (Lipinski definition) is 4. The molecule has 0 bridgehead atoms. The minimum atomic E-state index is -0.310. The van der Waals surface area contributed by atoms with Crippen LogP contribution >= 0.6 is 0 Å². The van der Waals surface area contributed by atoms with Crippen molar-refractivity contribution in [3.8, 4) is 0 Å². The number of nitrogens with zero attached hydrogens (tertiary/aromatic N) is 3. The van der Waals surface area contributed by atoms with Gasteiger partial charge in [-0.3, -0.25) is 9.59 Å². The van der Waals surface area contributed by atoms with Crippen LogP contribution in [0.3, 0.4) is 0 Å². The molecule has 2 amide bonds. The third kappa shape index (κ3) is 4.77. The molecule has 1 atom stereocenters. The van der Waals surface area contributed by atoms with E-state index in [1.807, 2.05) is 29.2 Å². The maximum Gasteiger partial charge on any atom is 0.227 e. The van der Waals surface area contributed by atoms with Crippen molar-refractivity contribution in [1.29, 1.82) is 0 Å². The smallest absolute Gasteiger partial charge is 0.227 e. The van der Waals surface area contributed by atoms with Crippen molar-refractivity contribution in [3.63, 3.8) is 0 Å². The van der Waals surface area contributed by atoms with E-state index < -0.39 is 0 Å². The number of para-hydroxylation sites is 2. The molecule has 2 fully saturated rings. The number of carbonyl (C=O) groups is 2. The molecule has 1 unspecified atom stereocenters. The molecule has 0 N–H and O–H groups in total. The first-order valence-electron chi connectivity index (χ1n) is 11.7. The van der Waals surface area contributed by atoms with Gasteiger partial charge >= 0.3 is 0 Å². The summed E-state index contributed by atoms with van der Waals surface area (Å²) in [6.45, 7) is 2.50. The highest BCUT2D eigenvalue weighted by atomic mass is 19.1. The van der Waals surface area contributed by atoms with Crippen LogP contribution < -0.4 is 0 Å². The van der Waals surface area contributed by atoms with E-state index in [1.165, 1.54) is 12.1 Å². The molecule has 0 spiro atoms. The van der Waals surface area contributed by atoms with Crippen LogP contribution in [-0.2, 0) is 16.0 Å². The lowest BCUT2D eigenvalue weighted by Gasteiger charge is -2.37. The predicted molar refractivity (Wildman–Crippen MR) is 122 cm³/mol. The number of likely N-dealkylation sites (tertiary alicyclic amines) is 2. The standard InChI is InChI=1S/C26H28FN3O3/c27-21-9-7-18(8-10-21)16-24(31)30-13-3-4-20(17-30)26(32)29-14-11-19(12-15-29)25-28-22-5-1-2-6-23(22)33-25/h1-2,5-10,19-20H,3-4,11-17H2. The highest BCUT2D eigenvalue weighted by Crippen LogP contribution is 2.31. The number of hydrogen-bond donors (Lipinski definition) is 0. The third-order valence-corrected chi connectivity index (χ3v) is 6.86. The molecule has 2 saturated heterocycles. The average Bonchev–Trinajstić information content (AvgIpc) is 3.29. The Bertz CT molecular complexity index is 1100. The number of aromatic nitrogens is 1. The Hall–Kier alpha value is -3.22. The lowest BCUT2D eigenvalue weighted by atomic mass is 9.92. The SMILES string of the molecule is O=C(Cc1ccc(F)cc1)N1CCCC(C(=O)N2CCC(c3nc4ccccc4o3)CC2)C1. The van der Waals surface area contributed by atoms with Crippen molar-refractivity contribution >= 4 is 22.9 Å². The van der Waals surface area contributed by atoms with Gasteiger partial charge in [-0.25, -0.2) is 9.37 Å². The van der Waals surface area contributed by atoms with E-state index in [4.69, 9.17) is 4.42 Å². The lowest BCUT2D eigenvalue weighted by molar-refractivity contribution is -0.141. The topological polar surface area (TPSA) is 66.7 Å². The second-order valence-electron chi connectivity index (χ2n) is 9.10. The first-order chi connectivity index (χ1) is 16.1. The Labute approximate surface area is 192 Å². The highest BCUT2D eigenvalue weighted by molar-refractivity contribution is 5.82. The van der Waals surface area contributed by atoms with Crippen LogP contribution in [0.2, 0.25) is 0 Å². The second kappa shape index (κ2) is 9.33. The molecule has 7 heteroatoms. The highest BCUT2D eigenvalue weighted by Gasteiger charge is 2.34. The van der Waals surface area contributed by atoms with Crippen LogP contribution in [0.25, 0.3) is 11.1 Å². The Morgan fingerprint density at radius 2 is 1.73 bits per heavy atom. The Morgan fingerprint density at radius 3 is 2.48 bits per heavy atom. The number of carbonyl (C=O) groups excluding carboxylic acids is 2. The van der Waals surface area contributed by atoms with Crippen LogP contribution in [-0.4, -0.2) is 52.8 Å². The summed E-state index contributed by atoms with van der Waals surface area (Å²) < 4.78 is 19.1. The molecule has 1 aromatic heterocycles. The van der Waals surface area contributed by atoms with Gasteiger partial charge in [0.1, 0.15) is 11.3 Å². The zero-order valence-corrected chi connectivity index (χ0v) is 18.6. The normalized spacial score (nSPS) is 19.7. The third-order valence-electron chi connectivity index (χ3n) is 6.86. The van der Waals surface area contributed by atoms with E-state index >= 15 is 0 Å². The summed E-state index contributed by atoms with van der Waals surface area (Å²) in [5, 5.41) is 0.